The molecule has 6 nitrogen and oxygen atoms in total. The monoisotopic (exact) mass is 534 g/mol. The van der Waals surface area contributed by atoms with Crippen LogP contribution in [0.25, 0.3) is 0 Å². The van der Waals surface area contributed by atoms with Crippen LogP contribution < -0.4 is 15.4 Å². The first-order valence-corrected chi connectivity index (χ1v) is 11.3. The number of rotatable bonds is 8. The molecule has 2 heterocycles. The van der Waals surface area contributed by atoms with E-state index in [2.05, 4.69) is 51.3 Å². The van der Waals surface area contributed by atoms with Crippen molar-refractivity contribution in [2.24, 2.45) is 4.99 Å². The van der Waals surface area contributed by atoms with Gasteiger partial charge in [0.1, 0.15) is 12.4 Å². The van der Waals surface area contributed by atoms with Gasteiger partial charge in [0.25, 0.3) is 0 Å². The van der Waals surface area contributed by atoms with Crippen LogP contribution in [-0.4, -0.2) is 74.4 Å². The second-order valence-electron chi connectivity index (χ2n) is 7.59. The number of guanidine groups is 1. The fourth-order valence-electron chi connectivity index (χ4n) is 3.55. The molecule has 0 aliphatic carbocycles. The van der Waals surface area contributed by atoms with Crippen LogP contribution in [0.15, 0.2) is 29.3 Å². The molecule has 0 saturated carbocycles. The van der Waals surface area contributed by atoms with E-state index in [0.29, 0.717) is 17.9 Å². The molecule has 2 aliphatic rings. The number of para-hydroxylation sites is 1. The molecular weight excluding hydrogens is 499 g/mol. The third-order valence-electron chi connectivity index (χ3n) is 5.34. The van der Waals surface area contributed by atoms with E-state index in [0.717, 1.165) is 56.7 Å². The average Bonchev–Trinajstić information content (AvgIpc) is 3.16. The highest BCUT2D eigenvalue weighted by Crippen LogP contribution is 2.36. The van der Waals surface area contributed by atoms with Gasteiger partial charge in [0.2, 0.25) is 0 Å². The molecule has 0 radical (unpaired) electrons. The van der Waals surface area contributed by atoms with Gasteiger partial charge in [-0.2, -0.15) is 11.8 Å². The largest absolute Gasteiger partial charge is 0.492 e. The van der Waals surface area contributed by atoms with Crippen LogP contribution >= 0.6 is 35.7 Å². The summed E-state index contributed by atoms with van der Waals surface area (Å²) in [4.78, 5) is 6.76. The second kappa shape index (κ2) is 12.9. The van der Waals surface area contributed by atoms with Gasteiger partial charge in [0.05, 0.1) is 13.2 Å². The molecule has 164 valence electrons. The Labute approximate surface area is 196 Å². The van der Waals surface area contributed by atoms with E-state index in [4.69, 9.17) is 9.47 Å². The van der Waals surface area contributed by atoms with Gasteiger partial charge in [-0.1, -0.05) is 18.2 Å². The smallest absolute Gasteiger partial charge is 0.191 e. The summed E-state index contributed by atoms with van der Waals surface area (Å²) in [5.74, 6) is 3.05. The lowest BCUT2D eigenvalue weighted by Crippen LogP contribution is -2.43. The van der Waals surface area contributed by atoms with Gasteiger partial charge in [-0.3, -0.25) is 9.89 Å². The molecule has 2 fully saturated rings. The summed E-state index contributed by atoms with van der Waals surface area (Å²) in [6.07, 6.45) is 2.57. The summed E-state index contributed by atoms with van der Waals surface area (Å²) >= 11 is 2.06. The highest BCUT2D eigenvalue weighted by molar-refractivity contribution is 14.0. The van der Waals surface area contributed by atoms with Gasteiger partial charge in [0, 0.05) is 50.1 Å². The highest BCUT2D eigenvalue weighted by atomic mass is 127. The Morgan fingerprint density at radius 3 is 2.79 bits per heavy atom. The average molecular weight is 535 g/mol. The topological polar surface area (TPSA) is 58.1 Å². The Balaban J connectivity index is 0.00000300. The van der Waals surface area contributed by atoms with Crippen LogP contribution in [-0.2, 0) is 11.3 Å². The maximum atomic E-state index is 6.08. The summed E-state index contributed by atoms with van der Waals surface area (Å²) in [5.41, 5.74) is 1.15. The predicted octanol–water partition coefficient (Wildman–Crippen LogP) is 2.97. The van der Waals surface area contributed by atoms with Crippen molar-refractivity contribution in [3.8, 4) is 5.75 Å². The molecule has 1 atom stereocenters. The molecule has 1 unspecified atom stereocenters. The predicted molar refractivity (Wildman–Crippen MR) is 133 cm³/mol. The summed E-state index contributed by atoms with van der Waals surface area (Å²) in [5, 5.41) is 6.92. The van der Waals surface area contributed by atoms with Gasteiger partial charge < -0.3 is 20.1 Å². The van der Waals surface area contributed by atoms with Crippen molar-refractivity contribution < 1.29 is 9.47 Å². The van der Waals surface area contributed by atoms with E-state index < -0.39 is 0 Å². The highest BCUT2D eigenvalue weighted by Gasteiger charge is 2.29. The molecule has 2 aliphatic heterocycles. The molecule has 1 aromatic rings. The Kier molecular flexibility index (Phi) is 10.9. The molecule has 8 heteroatoms. The van der Waals surface area contributed by atoms with E-state index in [1.165, 1.54) is 18.6 Å². The molecule has 0 bridgehead atoms. The van der Waals surface area contributed by atoms with Gasteiger partial charge in [-0.15, -0.1) is 24.0 Å². The van der Waals surface area contributed by atoms with Crippen LogP contribution in [0.4, 0.5) is 0 Å². The molecular formula is C21H35IN4O2S. The number of hydrogen-bond acceptors (Lipinski definition) is 5. The van der Waals surface area contributed by atoms with Crippen molar-refractivity contribution in [2.75, 3.05) is 58.8 Å². The van der Waals surface area contributed by atoms with E-state index in [9.17, 15) is 0 Å². The minimum absolute atomic E-state index is 0. The molecule has 1 aromatic carbocycles. The molecule has 0 aromatic heterocycles. The van der Waals surface area contributed by atoms with Gasteiger partial charge in [-0.05, 0) is 31.6 Å². The normalized spacial score (nSPS) is 22.8. The fourth-order valence-corrected chi connectivity index (χ4v) is 4.79. The minimum atomic E-state index is 0. The van der Waals surface area contributed by atoms with Crippen molar-refractivity contribution in [3.63, 3.8) is 0 Å². The molecule has 0 amide bonds. The zero-order valence-corrected chi connectivity index (χ0v) is 20.8. The lowest BCUT2D eigenvalue weighted by molar-refractivity contribution is 0.0322. The molecule has 2 saturated heterocycles. The Hall–Kier alpha value is -0.710. The number of thioether (sulfide) groups is 1. The number of hydrogen-bond donors (Lipinski definition) is 2. The summed E-state index contributed by atoms with van der Waals surface area (Å²) in [6.45, 7) is 9.23. The Bertz CT molecular complexity index is 635. The lowest BCUT2D eigenvalue weighted by atomic mass is 10.1. The number of halogens is 1. The summed E-state index contributed by atoms with van der Waals surface area (Å²) in [7, 11) is 1.82. The van der Waals surface area contributed by atoms with E-state index in [1.807, 2.05) is 19.2 Å². The molecule has 3 rings (SSSR count). The lowest BCUT2D eigenvalue weighted by Gasteiger charge is -2.26. The number of aliphatic imine (C=N–C) groups is 1. The first kappa shape index (κ1) is 24.6. The zero-order valence-electron chi connectivity index (χ0n) is 17.6. The standard InChI is InChI=1S/C21H34N4O2S.HI/c1-21(8-5-15-28-21)17-24-20(22-2)23-16-18-6-3-4-7-19(18)27-14-11-25-9-12-26-13-10-25;/h3-4,6-7H,5,8-17H2,1-2H3,(H2,22,23,24);1H. The summed E-state index contributed by atoms with van der Waals surface area (Å²) in [6, 6.07) is 8.23. The minimum Gasteiger partial charge on any atom is -0.492 e. The SMILES string of the molecule is CN=C(NCc1ccccc1OCCN1CCOCC1)NCC1(C)CCCS1.I. The number of benzene rings is 1. The summed E-state index contributed by atoms with van der Waals surface area (Å²) < 4.78 is 11.8. The first-order chi connectivity index (χ1) is 13.7. The Morgan fingerprint density at radius 1 is 1.28 bits per heavy atom. The maximum absolute atomic E-state index is 6.08. The van der Waals surface area contributed by atoms with Gasteiger partial charge >= 0.3 is 0 Å². The molecule has 2 N–H and O–H groups in total. The van der Waals surface area contributed by atoms with Crippen molar-refractivity contribution >= 4 is 41.7 Å². The van der Waals surface area contributed by atoms with Crippen LogP contribution in [0.3, 0.4) is 0 Å². The van der Waals surface area contributed by atoms with E-state index in [1.54, 1.807) is 0 Å². The quantitative estimate of drug-likeness (QED) is 0.304. The van der Waals surface area contributed by atoms with Crippen LogP contribution in [0.2, 0.25) is 0 Å². The Morgan fingerprint density at radius 2 is 2.07 bits per heavy atom. The third-order valence-corrected chi connectivity index (χ3v) is 6.88. The molecule has 0 spiro atoms. The fraction of sp³-hybridized carbons (Fsp3) is 0.667. The number of ether oxygens (including phenoxy) is 2. The van der Waals surface area contributed by atoms with Crippen molar-refractivity contribution in [2.45, 2.75) is 31.1 Å². The van der Waals surface area contributed by atoms with Crippen molar-refractivity contribution in [1.82, 2.24) is 15.5 Å². The number of morpholine rings is 1. The number of nitrogens with one attached hydrogen (secondary N) is 2. The first-order valence-electron chi connectivity index (χ1n) is 10.3. The second-order valence-corrected chi connectivity index (χ2v) is 9.27. The van der Waals surface area contributed by atoms with E-state index >= 15 is 0 Å². The third kappa shape index (κ3) is 8.15. The van der Waals surface area contributed by atoms with E-state index in [-0.39, 0.29) is 24.0 Å². The zero-order chi connectivity index (χ0) is 19.7. The van der Waals surface area contributed by atoms with Gasteiger partial charge in [0.15, 0.2) is 5.96 Å². The number of nitrogens with zero attached hydrogens (tertiary/aromatic N) is 2. The van der Waals surface area contributed by atoms with Crippen LogP contribution in [0.1, 0.15) is 25.3 Å². The maximum Gasteiger partial charge on any atom is 0.191 e. The van der Waals surface area contributed by atoms with Crippen molar-refractivity contribution in [3.05, 3.63) is 29.8 Å². The van der Waals surface area contributed by atoms with Gasteiger partial charge in [-0.25, -0.2) is 0 Å². The van der Waals surface area contributed by atoms with Crippen LogP contribution in [0, 0.1) is 0 Å². The van der Waals surface area contributed by atoms with Crippen LogP contribution in [0.5, 0.6) is 5.75 Å². The molecule has 29 heavy (non-hydrogen) atoms. The van der Waals surface area contributed by atoms with Crippen molar-refractivity contribution in [1.29, 1.82) is 0 Å².